The fourth-order valence-electron chi connectivity index (χ4n) is 2.74. The molecule has 13 nitrogen and oxygen atoms in total. The van der Waals surface area contributed by atoms with Gasteiger partial charge in [0.05, 0.1) is 65.0 Å². The fourth-order valence-corrected chi connectivity index (χ4v) is 2.74. The summed E-state index contributed by atoms with van der Waals surface area (Å²) in [5.41, 5.74) is 0.554. The largest absolute Gasteiger partial charge is 0.462 e. The van der Waals surface area contributed by atoms with E-state index in [1.807, 2.05) is 27.7 Å². The third-order valence-corrected chi connectivity index (χ3v) is 4.84. The Bertz CT molecular complexity index is 774. The maximum Gasteiger partial charge on any atom is 0.407 e. The minimum Gasteiger partial charge on any atom is -0.462 e. The molecule has 2 unspecified atom stereocenters. The molecule has 242 valence electrons. The van der Waals surface area contributed by atoms with Gasteiger partial charge in [-0.25, -0.2) is 14.4 Å². The Hall–Kier alpha value is -3.00. The van der Waals surface area contributed by atoms with Crippen LogP contribution in [0.1, 0.15) is 54.4 Å². The van der Waals surface area contributed by atoms with E-state index in [0.717, 1.165) is 0 Å². The Kier molecular flexibility index (Phi) is 21.9. The van der Waals surface area contributed by atoms with Crippen LogP contribution in [0, 0.1) is 0 Å². The van der Waals surface area contributed by atoms with Gasteiger partial charge in [-0.15, -0.1) is 0 Å². The summed E-state index contributed by atoms with van der Waals surface area (Å²) in [5.74, 6) is -1.51. The van der Waals surface area contributed by atoms with Crippen molar-refractivity contribution in [1.29, 1.82) is 0 Å². The quantitative estimate of drug-likeness (QED) is 0.0747. The van der Waals surface area contributed by atoms with Crippen molar-refractivity contribution in [3.63, 3.8) is 0 Å². The number of carbonyl (C=O) groups excluding carboxylic acids is 4. The highest BCUT2D eigenvalue weighted by Gasteiger charge is 2.18. The lowest BCUT2D eigenvalue weighted by Gasteiger charge is -2.21. The maximum atomic E-state index is 12.2. The van der Waals surface area contributed by atoms with Crippen molar-refractivity contribution < 1.29 is 57.1 Å². The van der Waals surface area contributed by atoms with E-state index in [4.69, 9.17) is 37.9 Å². The van der Waals surface area contributed by atoms with Gasteiger partial charge in [0.25, 0.3) is 0 Å². The highest BCUT2D eigenvalue weighted by atomic mass is 16.6. The van der Waals surface area contributed by atoms with Crippen molar-refractivity contribution in [2.45, 2.75) is 78.8 Å². The van der Waals surface area contributed by atoms with Gasteiger partial charge in [-0.3, -0.25) is 4.79 Å². The van der Waals surface area contributed by atoms with Crippen molar-refractivity contribution >= 4 is 24.0 Å². The molecule has 0 spiro atoms. The lowest BCUT2D eigenvalue weighted by molar-refractivity contribution is -0.158. The topological polar surface area (TPSA) is 154 Å². The monoisotopic (exact) mass is 603 g/mol. The molecule has 13 heteroatoms. The zero-order valence-electron chi connectivity index (χ0n) is 25.9. The van der Waals surface area contributed by atoms with Crippen molar-refractivity contribution in [3.05, 3.63) is 24.3 Å². The molecule has 0 rings (SSSR count). The van der Waals surface area contributed by atoms with Gasteiger partial charge < -0.3 is 43.2 Å². The van der Waals surface area contributed by atoms with E-state index in [1.54, 1.807) is 6.92 Å². The average molecular weight is 604 g/mol. The lowest BCUT2D eigenvalue weighted by Crippen LogP contribution is -2.36. The van der Waals surface area contributed by atoms with Crippen LogP contribution in [0.3, 0.4) is 0 Å². The number of alkyl carbamates (subject to hydrolysis) is 1. The van der Waals surface area contributed by atoms with Crippen LogP contribution < -0.4 is 5.32 Å². The van der Waals surface area contributed by atoms with Gasteiger partial charge in [0.15, 0.2) is 6.10 Å². The lowest BCUT2D eigenvalue weighted by atomic mass is 10.3. The SMILES string of the molecule is C=C(C)C(=O)OCCCC(=O)OC(COCCOCC(COC(C)C)OC(=O)NCCOC(=O)C(=C)C)COC(C)C. The Morgan fingerprint density at radius 2 is 1.14 bits per heavy atom. The summed E-state index contributed by atoms with van der Waals surface area (Å²) in [6, 6.07) is 0. The molecular weight excluding hydrogens is 554 g/mol. The molecule has 0 aliphatic rings. The minimum absolute atomic E-state index is 0.0226. The van der Waals surface area contributed by atoms with Crippen LogP contribution in [0.4, 0.5) is 4.79 Å². The Balaban J connectivity index is 4.48. The maximum absolute atomic E-state index is 12.2. The number of nitrogens with one attached hydrogen (secondary N) is 1. The second-order valence-corrected chi connectivity index (χ2v) is 9.92. The number of ether oxygens (including phenoxy) is 8. The fraction of sp³-hybridized carbons (Fsp3) is 0.724. The van der Waals surface area contributed by atoms with E-state index in [2.05, 4.69) is 18.5 Å². The highest BCUT2D eigenvalue weighted by Crippen LogP contribution is 2.05. The van der Waals surface area contributed by atoms with Crippen LogP contribution in [-0.2, 0) is 52.3 Å². The zero-order chi connectivity index (χ0) is 31.9. The Morgan fingerprint density at radius 3 is 1.62 bits per heavy atom. The Labute approximate surface area is 249 Å². The number of carbonyl (C=O) groups is 4. The van der Waals surface area contributed by atoms with Crippen LogP contribution in [0.25, 0.3) is 0 Å². The van der Waals surface area contributed by atoms with Gasteiger partial charge in [-0.2, -0.15) is 0 Å². The third-order valence-electron chi connectivity index (χ3n) is 4.84. The minimum atomic E-state index is -0.706. The van der Waals surface area contributed by atoms with Crippen molar-refractivity contribution in [2.24, 2.45) is 0 Å². The van der Waals surface area contributed by atoms with Crippen molar-refractivity contribution in [2.75, 3.05) is 59.4 Å². The molecule has 1 N–H and O–H groups in total. The normalized spacial score (nSPS) is 12.4. The van der Waals surface area contributed by atoms with E-state index in [-0.39, 0.29) is 89.2 Å². The highest BCUT2D eigenvalue weighted by molar-refractivity contribution is 5.87. The van der Waals surface area contributed by atoms with Gasteiger partial charge in [-0.05, 0) is 48.0 Å². The second kappa shape index (κ2) is 23.6. The Morgan fingerprint density at radius 1 is 0.667 bits per heavy atom. The summed E-state index contributed by atoms with van der Waals surface area (Å²) in [6.45, 7) is 18.4. The molecule has 0 aromatic rings. The van der Waals surface area contributed by atoms with Crippen LogP contribution in [0.2, 0.25) is 0 Å². The second-order valence-electron chi connectivity index (χ2n) is 9.92. The molecular formula is C29H49NO12. The molecule has 42 heavy (non-hydrogen) atoms. The van der Waals surface area contributed by atoms with Gasteiger partial charge in [0.1, 0.15) is 12.7 Å². The summed E-state index contributed by atoms with van der Waals surface area (Å²) in [7, 11) is 0. The zero-order valence-corrected chi connectivity index (χ0v) is 25.9. The van der Waals surface area contributed by atoms with Gasteiger partial charge in [0, 0.05) is 17.6 Å². The molecule has 0 radical (unpaired) electrons. The van der Waals surface area contributed by atoms with E-state index in [0.29, 0.717) is 6.42 Å². The van der Waals surface area contributed by atoms with Crippen molar-refractivity contribution in [3.8, 4) is 0 Å². The molecule has 0 bridgehead atoms. The van der Waals surface area contributed by atoms with Crippen molar-refractivity contribution in [1.82, 2.24) is 5.32 Å². The molecule has 0 aromatic heterocycles. The molecule has 2 atom stereocenters. The van der Waals surface area contributed by atoms with Gasteiger partial charge in [-0.1, -0.05) is 13.2 Å². The molecule has 0 saturated carbocycles. The number of rotatable bonds is 24. The first kappa shape index (κ1) is 39.0. The predicted octanol–water partition coefficient (Wildman–Crippen LogP) is 2.90. The van der Waals surface area contributed by atoms with E-state index in [9.17, 15) is 19.2 Å². The number of amides is 1. The van der Waals surface area contributed by atoms with E-state index in [1.165, 1.54) is 6.92 Å². The van der Waals surface area contributed by atoms with Crippen LogP contribution in [-0.4, -0.2) is 108 Å². The average Bonchev–Trinajstić information content (AvgIpc) is 2.91. The molecule has 0 heterocycles. The molecule has 0 aliphatic heterocycles. The summed E-state index contributed by atoms with van der Waals surface area (Å²) in [5, 5.41) is 2.50. The van der Waals surface area contributed by atoms with E-state index >= 15 is 0 Å². The van der Waals surface area contributed by atoms with Gasteiger partial charge >= 0.3 is 24.0 Å². The van der Waals surface area contributed by atoms with Crippen LogP contribution >= 0.6 is 0 Å². The van der Waals surface area contributed by atoms with Gasteiger partial charge in [0.2, 0.25) is 0 Å². The summed E-state index contributed by atoms with van der Waals surface area (Å²) in [6.07, 6.45) is -1.79. The first-order chi connectivity index (χ1) is 19.8. The summed E-state index contributed by atoms with van der Waals surface area (Å²) in [4.78, 5) is 47.1. The van der Waals surface area contributed by atoms with Crippen LogP contribution in [0.15, 0.2) is 24.3 Å². The summed E-state index contributed by atoms with van der Waals surface area (Å²) >= 11 is 0. The molecule has 0 saturated heterocycles. The summed E-state index contributed by atoms with van der Waals surface area (Å²) < 4.78 is 43.1. The standard InChI is InChI=1S/C29H49NO12/c1-20(2)27(32)37-12-9-10-26(31)41-24(18-39-22(5)6)16-35-14-15-36-17-25(19-40-23(7)8)42-29(34)30-11-13-38-28(33)21(3)4/h22-25H,1,3,9-19H2,2,4-8H3,(H,30,34). The number of hydrogen-bond acceptors (Lipinski definition) is 12. The number of esters is 3. The molecule has 0 aliphatic carbocycles. The molecule has 1 amide bonds. The molecule has 0 aromatic carbocycles. The smallest absolute Gasteiger partial charge is 0.407 e. The molecule has 0 fully saturated rings. The third kappa shape index (κ3) is 22.7. The number of hydrogen-bond donors (Lipinski definition) is 1. The predicted molar refractivity (Wildman–Crippen MR) is 153 cm³/mol. The van der Waals surface area contributed by atoms with Crippen LogP contribution in [0.5, 0.6) is 0 Å². The first-order valence-corrected chi connectivity index (χ1v) is 14.0. The van der Waals surface area contributed by atoms with E-state index < -0.39 is 36.2 Å². The first-order valence-electron chi connectivity index (χ1n) is 14.0.